The summed E-state index contributed by atoms with van der Waals surface area (Å²) in [6.07, 6.45) is 3.41. The third-order valence-electron chi connectivity index (χ3n) is 5.78. The number of hydrogen-bond acceptors (Lipinski definition) is 7. The van der Waals surface area contributed by atoms with E-state index in [2.05, 4.69) is 5.32 Å². The molecule has 2 aliphatic carbocycles. The summed E-state index contributed by atoms with van der Waals surface area (Å²) in [6, 6.07) is 10.5. The molecule has 2 fully saturated rings. The lowest BCUT2D eigenvalue weighted by molar-refractivity contribution is 0.0598. The summed E-state index contributed by atoms with van der Waals surface area (Å²) in [4.78, 5) is 36.2. The standard InChI is InChI=1S/C24H26N2O7S/c1-32-23(28)17-11-18(24(29)33-2)13-21(12-17)34(30,31)26(20-9-10-20)14-15-3-5-16(6-4-15)22(27)25-19-7-8-19/h3-6,11-13,19-20H,7-10,14H2,1-2H3,(H,25,27). The molecule has 0 radical (unpaired) electrons. The summed E-state index contributed by atoms with van der Waals surface area (Å²) in [5.41, 5.74) is 1.11. The summed E-state index contributed by atoms with van der Waals surface area (Å²) < 4.78 is 38.0. The molecule has 0 heterocycles. The molecule has 0 unspecified atom stereocenters. The summed E-state index contributed by atoms with van der Waals surface area (Å²) in [6.45, 7) is 0.0908. The SMILES string of the molecule is COC(=O)c1cc(C(=O)OC)cc(S(=O)(=O)N(Cc2ccc(C(=O)NC3CC3)cc2)C2CC2)c1. The predicted molar refractivity (Wildman–Crippen MR) is 122 cm³/mol. The minimum Gasteiger partial charge on any atom is -0.465 e. The Bertz CT molecular complexity index is 1180. The van der Waals surface area contributed by atoms with Gasteiger partial charge in [0.25, 0.3) is 5.91 Å². The number of benzene rings is 2. The molecule has 0 aliphatic heterocycles. The third-order valence-corrected chi connectivity index (χ3v) is 7.65. The molecule has 0 aromatic heterocycles. The normalized spacial score (nSPS) is 15.6. The fraction of sp³-hybridized carbons (Fsp3) is 0.375. The van der Waals surface area contributed by atoms with Gasteiger partial charge in [0.2, 0.25) is 10.0 Å². The molecule has 1 N–H and O–H groups in total. The van der Waals surface area contributed by atoms with Crippen molar-refractivity contribution in [2.45, 2.75) is 49.2 Å². The van der Waals surface area contributed by atoms with Gasteiger partial charge in [-0.1, -0.05) is 12.1 Å². The zero-order valence-electron chi connectivity index (χ0n) is 18.9. The highest BCUT2D eigenvalue weighted by Crippen LogP contribution is 2.34. The summed E-state index contributed by atoms with van der Waals surface area (Å²) in [5.74, 6) is -1.67. The molecule has 9 nitrogen and oxygen atoms in total. The van der Waals surface area contributed by atoms with Gasteiger partial charge in [-0.05, 0) is 61.6 Å². The lowest BCUT2D eigenvalue weighted by Gasteiger charge is -2.23. The van der Waals surface area contributed by atoms with Crippen molar-refractivity contribution in [3.8, 4) is 0 Å². The van der Waals surface area contributed by atoms with Crippen LogP contribution in [-0.4, -0.2) is 56.9 Å². The maximum Gasteiger partial charge on any atom is 0.337 e. The van der Waals surface area contributed by atoms with Crippen molar-refractivity contribution in [1.82, 2.24) is 9.62 Å². The van der Waals surface area contributed by atoms with Crippen LogP contribution < -0.4 is 5.32 Å². The highest BCUT2D eigenvalue weighted by Gasteiger charge is 2.39. The number of carbonyl (C=O) groups excluding carboxylic acids is 3. The van der Waals surface area contributed by atoms with Crippen LogP contribution in [0.3, 0.4) is 0 Å². The van der Waals surface area contributed by atoms with Crippen LogP contribution in [0.15, 0.2) is 47.4 Å². The van der Waals surface area contributed by atoms with Crippen LogP contribution in [0.2, 0.25) is 0 Å². The Balaban J connectivity index is 1.62. The molecule has 1 amide bonds. The van der Waals surface area contributed by atoms with Crippen LogP contribution in [0.5, 0.6) is 0 Å². The van der Waals surface area contributed by atoms with Crippen molar-refractivity contribution in [3.05, 3.63) is 64.7 Å². The van der Waals surface area contributed by atoms with E-state index in [1.165, 1.54) is 36.7 Å². The highest BCUT2D eigenvalue weighted by atomic mass is 32.2. The number of nitrogens with zero attached hydrogens (tertiary/aromatic N) is 1. The van der Waals surface area contributed by atoms with E-state index in [1.54, 1.807) is 24.3 Å². The molecule has 0 atom stereocenters. The quantitative estimate of drug-likeness (QED) is 0.541. The minimum absolute atomic E-state index is 0.0641. The van der Waals surface area contributed by atoms with Crippen LogP contribution >= 0.6 is 0 Å². The predicted octanol–water partition coefficient (Wildman–Crippen LogP) is 2.51. The molecule has 2 aliphatic rings. The van der Waals surface area contributed by atoms with Gasteiger partial charge in [-0.2, -0.15) is 4.31 Å². The van der Waals surface area contributed by atoms with Gasteiger partial charge in [-0.25, -0.2) is 18.0 Å². The van der Waals surface area contributed by atoms with E-state index < -0.39 is 22.0 Å². The molecular formula is C24H26N2O7S. The first kappa shape index (κ1) is 23.9. The van der Waals surface area contributed by atoms with Gasteiger partial charge in [0.1, 0.15) is 0 Å². The number of ether oxygens (including phenoxy) is 2. The number of methoxy groups -OCH3 is 2. The topological polar surface area (TPSA) is 119 Å². The maximum atomic E-state index is 13.6. The van der Waals surface area contributed by atoms with E-state index >= 15 is 0 Å². The molecule has 0 saturated heterocycles. The minimum atomic E-state index is -4.06. The van der Waals surface area contributed by atoms with Crippen molar-refractivity contribution in [2.75, 3.05) is 14.2 Å². The molecule has 2 aromatic rings. The van der Waals surface area contributed by atoms with E-state index in [-0.39, 0.29) is 40.6 Å². The van der Waals surface area contributed by atoms with Crippen LogP contribution in [0.25, 0.3) is 0 Å². The van der Waals surface area contributed by atoms with E-state index in [9.17, 15) is 22.8 Å². The van der Waals surface area contributed by atoms with Crippen LogP contribution in [0, 0.1) is 0 Å². The van der Waals surface area contributed by atoms with Gasteiger partial charge in [0.15, 0.2) is 0 Å². The fourth-order valence-corrected chi connectivity index (χ4v) is 5.31. The monoisotopic (exact) mass is 486 g/mol. The summed E-state index contributed by atoms with van der Waals surface area (Å²) in [5, 5.41) is 2.92. The average molecular weight is 487 g/mol. The second kappa shape index (κ2) is 9.55. The third kappa shape index (κ3) is 5.28. The van der Waals surface area contributed by atoms with Crippen molar-refractivity contribution < 1.29 is 32.3 Å². The Morgan fingerprint density at radius 1 is 0.882 bits per heavy atom. The lowest BCUT2D eigenvalue weighted by atomic mass is 10.1. The molecule has 2 saturated carbocycles. The molecule has 4 rings (SSSR count). The maximum absolute atomic E-state index is 13.6. The molecule has 34 heavy (non-hydrogen) atoms. The molecule has 180 valence electrons. The van der Waals surface area contributed by atoms with Crippen molar-refractivity contribution in [3.63, 3.8) is 0 Å². The van der Waals surface area contributed by atoms with E-state index in [4.69, 9.17) is 9.47 Å². The van der Waals surface area contributed by atoms with Gasteiger partial charge in [0, 0.05) is 24.2 Å². The van der Waals surface area contributed by atoms with E-state index in [1.807, 2.05) is 0 Å². The highest BCUT2D eigenvalue weighted by molar-refractivity contribution is 7.89. The second-order valence-corrected chi connectivity index (χ2v) is 10.3. The number of rotatable bonds is 9. The van der Waals surface area contributed by atoms with Gasteiger partial charge in [-0.3, -0.25) is 4.79 Å². The summed E-state index contributed by atoms with van der Waals surface area (Å²) >= 11 is 0. The van der Waals surface area contributed by atoms with Gasteiger partial charge < -0.3 is 14.8 Å². The number of nitrogens with one attached hydrogen (secondary N) is 1. The number of amides is 1. The Kier molecular flexibility index (Phi) is 6.72. The van der Waals surface area contributed by atoms with Crippen LogP contribution in [0.1, 0.15) is 62.3 Å². The fourth-order valence-electron chi connectivity index (χ4n) is 3.57. The van der Waals surface area contributed by atoms with Crippen molar-refractivity contribution in [2.24, 2.45) is 0 Å². The first-order chi connectivity index (χ1) is 16.2. The zero-order chi connectivity index (χ0) is 24.5. The first-order valence-corrected chi connectivity index (χ1v) is 12.4. The van der Waals surface area contributed by atoms with E-state index in [0.29, 0.717) is 18.4 Å². The van der Waals surface area contributed by atoms with Crippen LogP contribution in [0.4, 0.5) is 0 Å². The molecule has 10 heteroatoms. The first-order valence-electron chi connectivity index (χ1n) is 11.0. The Hall–Kier alpha value is -3.24. The van der Waals surface area contributed by atoms with Gasteiger partial charge in [0.05, 0.1) is 30.2 Å². The Morgan fingerprint density at radius 3 is 1.91 bits per heavy atom. The van der Waals surface area contributed by atoms with E-state index in [0.717, 1.165) is 18.4 Å². The Morgan fingerprint density at radius 2 is 1.44 bits per heavy atom. The molecule has 0 bridgehead atoms. The largest absolute Gasteiger partial charge is 0.465 e. The number of sulfonamides is 1. The molecular weight excluding hydrogens is 460 g/mol. The van der Waals surface area contributed by atoms with Crippen LogP contribution in [-0.2, 0) is 26.0 Å². The second-order valence-electron chi connectivity index (χ2n) is 8.46. The van der Waals surface area contributed by atoms with Crippen molar-refractivity contribution in [1.29, 1.82) is 0 Å². The number of hydrogen-bond donors (Lipinski definition) is 1. The molecule has 2 aromatic carbocycles. The number of esters is 2. The molecule has 0 spiro atoms. The zero-order valence-corrected chi connectivity index (χ0v) is 19.8. The smallest absolute Gasteiger partial charge is 0.337 e. The average Bonchev–Trinajstić information content (AvgIpc) is 3.77. The Labute approximate surface area is 198 Å². The van der Waals surface area contributed by atoms with Gasteiger partial charge in [-0.15, -0.1) is 0 Å². The summed E-state index contributed by atoms with van der Waals surface area (Å²) in [7, 11) is -1.71. The van der Waals surface area contributed by atoms with Crippen molar-refractivity contribution >= 4 is 27.9 Å². The lowest BCUT2D eigenvalue weighted by Crippen LogP contribution is -2.33. The van der Waals surface area contributed by atoms with Gasteiger partial charge >= 0.3 is 11.9 Å². The number of carbonyl (C=O) groups is 3.